The first kappa shape index (κ1) is 16.7. The number of rotatable bonds is 3. The van der Waals surface area contributed by atoms with Gasteiger partial charge in [-0.2, -0.15) is 0 Å². The molecular formula is C18H17ClN2O2S. The monoisotopic (exact) mass is 360 g/mol. The van der Waals surface area contributed by atoms with Gasteiger partial charge in [-0.3, -0.25) is 4.79 Å². The number of halogens is 1. The topological polar surface area (TPSA) is 41.6 Å². The lowest BCUT2D eigenvalue weighted by atomic mass is 10.00. The van der Waals surface area contributed by atoms with Gasteiger partial charge in [0.25, 0.3) is 0 Å². The number of carbonyl (C=O) groups is 1. The number of aldehydes is 1. The van der Waals surface area contributed by atoms with E-state index in [0.29, 0.717) is 15.7 Å². The average molecular weight is 361 g/mol. The fourth-order valence-electron chi connectivity index (χ4n) is 2.73. The van der Waals surface area contributed by atoms with Crippen molar-refractivity contribution >= 4 is 40.9 Å². The summed E-state index contributed by atoms with van der Waals surface area (Å²) >= 11 is 11.6. The van der Waals surface area contributed by atoms with Gasteiger partial charge in [0, 0.05) is 24.3 Å². The number of ether oxygens (including phenoxy) is 1. The molecule has 0 atom stereocenters. The third-order valence-electron chi connectivity index (χ3n) is 4.09. The van der Waals surface area contributed by atoms with Crippen LogP contribution in [-0.4, -0.2) is 30.0 Å². The van der Waals surface area contributed by atoms with Crippen LogP contribution in [-0.2, 0) is 13.0 Å². The largest absolute Gasteiger partial charge is 0.497 e. The van der Waals surface area contributed by atoms with Crippen molar-refractivity contribution in [3.63, 3.8) is 0 Å². The first-order valence-electron chi connectivity index (χ1n) is 7.57. The lowest BCUT2D eigenvalue weighted by Crippen LogP contribution is -2.38. The van der Waals surface area contributed by atoms with Crippen molar-refractivity contribution in [1.82, 2.24) is 4.90 Å². The molecule has 2 aromatic rings. The van der Waals surface area contributed by atoms with Crippen molar-refractivity contribution < 1.29 is 9.53 Å². The van der Waals surface area contributed by atoms with Gasteiger partial charge < -0.3 is 15.0 Å². The molecular weight excluding hydrogens is 344 g/mol. The number of benzene rings is 2. The Morgan fingerprint density at radius 1 is 1.29 bits per heavy atom. The molecule has 1 aliphatic rings. The minimum Gasteiger partial charge on any atom is -0.497 e. The summed E-state index contributed by atoms with van der Waals surface area (Å²) in [5.41, 5.74) is 3.79. The van der Waals surface area contributed by atoms with Crippen LogP contribution >= 0.6 is 23.8 Å². The van der Waals surface area contributed by atoms with E-state index in [1.807, 2.05) is 6.07 Å². The summed E-state index contributed by atoms with van der Waals surface area (Å²) in [6.07, 6.45) is 1.65. The predicted molar refractivity (Wildman–Crippen MR) is 100 cm³/mol. The zero-order chi connectivity index (χ0) is 17.1. The molecule has 124 valence electrons. The number of nitrogens with one attached hydrogen (secondary N) is 1. The maximum absolute atomic E-state index is 10.8. The van der Waals surface area contributed by atoms with Crippen LogP contribution in [0.25, 0.3) is 0 Å². The van der Waals surface area contributed by atoms with Crippen LogP contribution in [0.2, 0.25) is 5.02 Å². The molecule has 0 saturated carbocycles. The van der Waals surface area contributed by atoms with E-state index in [-0.39, 0.29) is 0 Å². The highest BCUT2D eigenvalue weighted by Gasteiger charge is 2.19. The van der Waals surface area contributed by atoms with Gasteiger partial charge in [-0.15, -0.1) is 0 Å². The van der Waals surface area contributed by atoms with Gasteiger partial charge in [-0.1, -0.05) is 17.7 Å². The minimum absolute atomic E-state index is 0.411. The molecule has 0 saturated heterocycles. The van der Waals surface area contributed by atoms with Gasteiger partial charge >= 0.3 is 0 Å². The van der Waals surface area contributed by atoms with Crippen molar-refractivity contribution in [3.8, 4) is 5.75 Å². The van der Waals surface area contributed by atoms with Crippen LogP contribution in [0.3, 0.4) is 0 Å². The van der Waals surface area contributed by atoms with Crippen LogP contribution in [0.4, 0.5) is 5.69 Å². The van der Waals surface area contributed by atoms with E-state index in [9.17, 15) is 4.79 Å². The van der Waals surface area contributed by atoms with Crippen molar-refractivity contribution in [3.05, 3.63) is 58.1 Å². The molecule has 0 aliphatic carbocycles. The Kier molecular flexibility index (Phi) is 5.02. The van der Waals surface area contributed by atoms with Gasteiger partial charge in [0.05, 0.1) is 12.1 Å². The molecule has 0 unspecified atom stereocenters. The van der Waals surface area contributed by atoms with E-state index in [4.69, 9.17) is 28.6 Å². The van der Waals surface area contributed by atoms with Gasteiger partial charge in [0.15, 0.2) is 11.4 Å². The smallest absolute Gasteiger partial charge is 0.173 e. The normalized spacial score (nSPS) is 13.2. The lowest BCUT2D eigenvalue weighted by Gasteiger charge is -2.31. The zero-order valence-electron chi connectivity index (χ0n) is 13.2. The number of nitrogens with zero attached hydrogens (tertiary/aromatic N) is 1. The second kappa shape index (κ2) is 7.20. The molecule has 0 bridgehead atoms. The molecule has 1 N–H and O–H groups in total. The highest BCUT2D eigenvalue weighted by Crippen LogP contribution is 2.25. The van der Waals surface area contributed by atoms with E-state index in [1.54, 1.807) is 25.3 Å². The van der Waals surface area contributed by atoms with E-state index in [0.717, 1.165) is 37.2 Å². The summed E-state index contributed by atoms with van der Waals surface area (Å²) in [5.74, 6) is 0.882. The third-order valence-corrected chi connectivity index (χ3v) is 4.78. The van der Waals surface area contributed by atoms with E-state index < -0.39 is 0 Å². The molecule has 1 aliphatic heterocycles. The van der Waals surface area contributed by atoms with Gasteiger partial charge in [0.1, 0.15) is 5.75 Å². The maximum Gasteiger partial charge on any atom is 0.173 e. The average Bonchev–Trinajstić information content (AvgIpc) is 2.61. The standard InChI is InChI=1S/C18H17ClN2O2S/c1-23-16-5-3-13-10-21(7-6-12(13)8-16)18(24)20-15-4-2-14(11-22)17(19)9-15/h2-5,8-9,11H,6-7,10H2,1H3,(H,20,24). The molecule has 2 aromatic carbocycles. The summed E-state index contributed by atoms with van der Waals surface area (Å²) < 4.78 is 5.27. The summed E-state index contributed by atoms with van der Waals surface area (Å²) in [7, 11) is 1.68. The van der Waals surface area contributed by atoms with Gasteiger partial charge in [-0.25, -0.2) is 0 Å². The van der Waals surface area contributed by atoms with Crippen LogP contribution < -0.4 is 10.1 Å². The second-order valence-electron chi connectivity index (χ2n) is 5.59. The maximum atomic E-state index is 10.8. The van der Waals surface area contributed by atoms with Crippen LogP contribution in [0.15, 0.2) is 36.4 Å². The Bertz CT molecular complexity index is 795. The number of thiocarbonyl (C=S) groups is 1. The van der Waals surface area contributed by atoms with Crippen LogP contribution in [0.5, 0.6) is 5.75 Å². The van der Waals surface area contributed by atoms with Crippen molar-refractivity contribution in [2.45, 2.75) is 13.0 Å². The van der Waals surface area contributed by atoms with E-state index >= 15 is 0 Å². The Labute approximate surface area is 151 Å². The fourth-order valence-corrected chi connectivity index (χ4v) is 3.23. The number of methoxy groups -OCH3 is 1. The van der Waals surface area contributed by atoms with Gasteiger partial charge in [-0.05, 0) is 60.1 Å². The van der Waals surface area contributed by atoms with Gasteiger partial charge in [0.2, 0.25) is 0 Å². The van der Waals surface area contributed by atoms with E-state index in [2.05, 4.69) is 22.3 Å². The van der Waals surface area contributed by atoms with Crippen LogP contribution in [0.1, 0.15) is 21.5 Å². The molecule has 3 rings (SSSR count). The Morgan fingerprint density at radius 2 is 2.12 bits per heavy atom. The SMILES string of the molecule is COc1ccc2c(c1)CCN(C(=S)Nc1ccc(C=O)c(Cl)c1)C2. The molecule has 1 heterocycles. The predicted octanol–water partition coefficient (Wildman–Crippen LogP) is 3.92. The highest BCUT2D eigenvalue weighted by atomic mass is 35.5. The summed E-state index contributed by atoms with van der Waals surface area (Å²) in [6.45, 7) is 1.59. The molecule has 0 radical (unpaired) electrons. The lowest BCUT2D eigenvalue weighted by molar-refractivity contribution is 0.112. The minimum atomic E-state index is 0.411. The molecule has 0 spiro atoms. The number of carbonyl (C=O) groups excluding carboxylic acids is 1. The zero-order valence-corrected chi connectivity index (χ0v) is 14.8. The number of fused-ring (bicyclic) bond motifs is 1. The molecule has 0 amide bonds. The fraction of sp³-hybridized carbons (Fsp3) is 0.222. The Balaban J connectivity index is 1.70. The Morgan fingerprint density at radius 3 is 2.83 bits per heavy atom. The van der Waals surface area contributed by atoms with Crippen molar-refractivity contribution in [1.29, 1.82) is 0 Å². The molecule has 0 aromatic heterocycles. The summed E-state index contributed by atoms with van der Waals surface area (Å²) in [6, 6.07) is 11.3. The van der Waals surface area contributed by atoms with E-state index in [1.165, 1.54) is 11.1 Å². The second-order valence-corrected chi connectivity index (χ2v) is 6.38. The van der Waals surface area contributed by atoms with Crippen molar-refractivity contribution in [2.24, 2.45) is 0 Å². The highest BCUT2D eigenvalue weighted by molar-refractivity contribution is 7.80. The number of hydrogen-bond donors (Lipinski definition) is 1. The number of hydrogen-bond acceptors (Lipinski definition) is 3. The molecule has 24 heavy (non-hydrogen) atoms. The molecule has 4 nitrogen and oxygen atoms in total. The van der Waals surface area contributed by atoms with Crippen LogP contribution in [0, 0.1) is 0 Å². The summed E-state index contributed by atoms with van der Waals surface area (Å²) in [4.78, 5) is 12.9. The Hall–Kier alpha value is -2.11. The first-order valence-corrected chi connectivity index (χ1v) is 8.36. The quantitative estimate of drug-likeness (QED) is 0.663. The first-order chi connectivity index (χ1) is 11.6. The molecule has 0 fully saturated rings. The molecule has 6 heteroatoms. The third kappa shape index (κ3) is 3.52. The summed E-state index contributed by atoms with van der Waals surface area (Å²) in [5, 5.41) is 4.25. The number of anilines is 1. The van der Waals surface area contributed by atoms with Crippen molar-refractivity contribution in [2.75, 3.05) is 19.0 Å².